The molecule has 0 amide bonds. The second-order valence-corrected chi connectivity index (χ2v) is 5.57. The third kappa shape index (κ3) is 3.39. The maximum absolute atomic E-state index is 10.6. The van der Waals surface area contributed by atoms with E-state index < -0.39 is 10.3 Å². The summed E-state index contributed by atoms with van der Waals surface area (Å²) in [5, 5.41) is 10.1. The van der Waals surface area contributed by atoms with Crippen LogP contribution in [0.3, 0.4) is 0 Å². The van der Waals surface area contributed by atoms with Crippen LogP contribution in [0.15, 0.2) is 40.8 Å². The summed E-state index contributed by atoms with van der Waals surface area (Å²) >= 11 is 6.29. The summed E-state index contributed by atoms with van der Waals surface area (Å²) in [6.07, 6.45) is 1.01. The Morgan fingerprint density at radius 2 is 1.85 bits per heavy atom. The summed E-state index contributed by atoms with van der Waals surface area (Å²) in [5.74, 6) is 0.692. The molecule has 0 N–H and O–H groups in total. The Morgan fingerprint density at radius 3 is 2.35 bits per heavy atom. The molecule has 2 rings (SSSR count). The van der Waals surface area contributed by atoms with Crippen LogP contribution in [-0.2, 0) is 6.42 Å². The van der Waals surface area contributed by atoms with E-state index in [-0.39, 0.29) is 5.88 Å². The van der Waals surface area contributed by atoms with Crippen LogP contribution < -0.4 is 0 Å². The molecule has 0 aliphatic rings. The molecule has 1 aromatic carbocycles. The Morgan fingerprint density at radius 1 is 1.20 bits per heavy atom. The van der Waals surface area contributed by atoms with Gasteiger partial charge in [-0.05, 0) is 29.5 Å². The number of benzene rings is 1. The highest BCUT2D eigenvalue weighted by Gasteiger charge is 2.19. The highest BCUT2D eigenvalue weighted by Crippen LogP contribution is 2.32. The summed E-state index contributed by atoms with van der Waals surface area (Å²) in [7, 11) is 0. The minimum Gasteiger partial charge on any atom is -0.404 e. The van der Waals surface area contributed by atoms with E-state index in [1.165, 1.54) is 17.7 Å². The summed E-state index contributed by atoms with van der Waals surface area (Å²) in [4.78, 5) is 10.0. The Balaban J connectivity index is 2.15. The van der Waals surface area contributed by atoms with Crippen molar-refractivity contribution in [3.05, 3.63) is 63.4 Å². The number of hydrogen-bond donors (Lipinski definition) is 0. The average Bonchev–Trinajstić information content (AvgIpc) is 2.88. The average molecular weight is 294 g/mol. The van der Waals surface area contributed by atoms with Crippen LogP contribution in [0.4, 0.5) is 5.88 Å². The minimum atomic E-state index is -0.571. The lowest BCUT2D eigenvalue weighted by molar-refractivity contribution is -0.402. The van der Waals surface area contributed by atoms with Gasteiger partial charge in [-0.2, -0.15) is 0 Å². The molecule has 0 bridgehead atoms. The highest BCUT2D eigenvalue weighted by molar-refractivity contribution is 6.22. The number of nitro groups is 1. The van der Waals surface area contributed by atoms with Gasteiger partial charge in [-0.15, -0.1) is 11.6 Å². The molecule has 0 saturated heterocycles. The number of rotatable bonds is 5. The summed E-state index contributed by atoms with van der Waals surface area (Å²) in [6, 6.07) is 10.8. The normalized spacial score (nSPS) is 12.6. The molecule has 0 spiro atoms. The predicted octanol–water partition coefficient (Wildman–Crippen LogP) is 4.71. The molecule has 2 aromatic rings. The maximum Gasteiger partial charge on any atom is 0.433 e. The molecule has 0 radical (unpaired) electrons. The van der Waals surface area contributed by atoms with Gasteiger partial charge in [-0.3, -0.25) is 10.1 Å². The summed E-state index contributed by atoms with van der Waals surface area (Å²) in [5.41, 5.74) is 2.11. The van der Waals surface area contributed by atoms with E-state index >= 15 is 0 Å². The van der Waals surface area contributed by atoms with Crippen molar-refractivity contribution in [1.82, 2.24) is 0 Å². The van der Waals surface area contributed by atoms with E-state index in [9.17, 15) is 10.1 Å². The SMILES string of the molecule is CC(C)Cc1ccc(C(Cl)c2ccc([N+](=O)[O-])o2)cc1. The molecule has 1 aromatic heterocycles. The van der Waals surface area contributed by atoms with Crippen LogP contribution in [0.5, 0.6) is 0 Å². The van der Waals surface area contributed by atoms with Crippen molar-refractivity contribution in [1.29, 1.82) is 0 Å². The van der Waals surface area contributed by atoms with Gasteiger partial charge in [0.05, 0.1) is 6.07 Å². The molecule has 20 heavy (non-hydrogen) atoms. The highest BCUT2D eigenvalue weighted by atomic mass is 35.5. The number of hydrogen-bond acceptors (Lipinski definition) is 3. The lowest BCUT2D eigenvalue weighted by Gasteiger charge is -2.09. The monoisotopic (exact) mass is 293 g/mol. The molecular weight excluding hydrogens is 278 g/mol. The number of nitrogens with zero attached hydrogens (tertiary/aromatic N) is 1. The van der Waals surface area contributed by atoms with E-state index in [4.69, 9.17) is 16.0 Å². The Kier molecular flexibility index (Phi) is 4.45. The van der Waals surface area contributed by atoms with Crippen LogP contribution in [-0.4, -0.2) is 4.92 Å². The van der Waals surface area contributed by atoms with E-state index in [1.54, 1.807) is 0 Å². The predicted molar refractivity (Wildman–Crippen MR) is 78.0 cm³/mol. The third-order valence-electron chi connectivity index (χ3n) is 2.96. The van der Waals surface area contributed by atoms with Gasteiger partial charge in [0.1, 0.15) is 16.1 Å². The first kappa shape index (κ1) is 14.6. The molecule has 0 aliphatic carbocycles. The van der Waals surface area contributed by atoms with Crippen molar-refractivity contribution in [3.8, 4) is 0 Å². The fourth-order valence-electron chi connectivity index (χ4n) is 2.03. The standard InChI is InChI=1S/C15H16ClNO3/c1-10(2)9-11-3-5-12(6-4-11)15(16)13-7-8-14(20-13)17(18)19/h3-8,10,15H,9H2,1-2H3. The molecule has 5 heteroatoms. The second-order valence-electron chi connectivity index (χ2n) is 5.14. The first-order valence-electron chi connectivity index (χ1n) is 6.44. The van der Waals surface area contributed by atoms with E-state index in [1.807, 2.05) is 24.3 Å². The second kappa shape index (κ2) is 6.09. The van der Waals surface area contributed by atoms with Gasteiger partial charge in [0, 0.05) is 0 Å². The zero-order valence-corrected chi connectivity index (χ0v) is 12.1. The molecule has 0 fully saturated rings. The van der Waals surface area contributed by atoms with Crippen molar-refractivity contribution < 1.29 is 9.34 Å². The van der Waals surface area contributed by atoms with Crippen LogP contribution in [0.25, 0.3) is 0 Å². The van der Waals surface area contributed by atoms with Gasteiger partial charge in [0.25, 0.3) is 0 Å². The molecule has 1 atom stereocenters. The first-order valence-corrected chi connectivity index (χ1v) is 6.88. The maximum atomic E-state index is 10.6. The first-order chi connectivity index (χ1) is 9.47. The van der Waals surface area contributed by atoms with Crippen molar-refractivity contribution in [2.75, 3.05) is 0 Å². The Labute approximate surface area is 122 Å². The van der Waals surface area contributed by atoms with Crippen molar-refractivity contribution in [2.45, 2.75) is 25.6 Å². The molecule has 106 valence electrons. The van der Waals surface area contributed by atoms with E-state index in [0.717, 1.165) is 12.0 Å². The van der Waals surface area contributed by atoms with E-state index in [2.05, 4.69) is 13.8 Å². The summed E-state index contributed by atoms with van der Waals surface area (Å²) in [6.45, 7) is 4.33. The fourth-order valence-corrected chi connectivity index (χ4v) is 2.30. The van der Waals surface area contributed by atoms with Crippen molar-refractivity contribution >= 4 is 17.5 Å². The van der Waals surface area contributed by atoms with Crippen LogP contribution in [0, 0.1) is 16.0 Å². The smallest absolute Gasteiger partial charge is 0.404 e. The van der Waals surface area contributed by atoms with Crippen molar-refractivity contribution in [2.24, 2.45) is 5.92 Å². The lowest BCUT2D eigenvalue weighted by atomic mass is 10.0. The van der Waals surface area contributed by atoms with Gasteiger partial charge in [-0.25, -0.2) is 0 Å². The third-order valence-corrected chi connectivity index (χ3v) is 3.43. The zero-order chi connectivity index (χ0) is 14.7. The van der Waals surface area contributed by atoms with Crippen LogP contribution in [0.2, 0.25) is 0 Å². The molecule has 0 saturated carbocycles. The fraction of sp³-hybridized carbons (Fsp3) is 0.333. The quantitative estimate of drug-likeness (QED) is 0.455. The van der Waals surface area contributed by atoms with Gasteiger partial charge >= 0.3 is 5.88 Å². The number of alkyl halides is 1. The zero-order valence-electron chi connectivity index (χ0n) is 11.4. The van der Waals surface area contributed by atoms with Gasteiger partial charge in [-0.1, -0.05) is 38.1 Å². The Bertz CT molecular complexity index is 589. The van der Waals surface area contributed by atoms with Gasteiger partial charge in [0.15, 0.2) is 0 Å². The van der Waals surface area contributed by atoms with Gasteiger partial charge in [0.2, 0.25) is 0 Å². The number of halogens is 1. The Hall–Kier alpha value is -1.81. The topological polar surface area (TPSA) is 56.3 Å². The van der Waals surface area contributed by atoms with Crippen LogP contribution >= 0.6 is 11.6 Å². The summed E-state index contributed by atoms with van der Waals surface area (Å²) < 4.78 is 5.13. The molecular formula is C15H16ClNO3. The lowest BCUT2D eigenvalue weighted by Crippen LogP contribution is -1.96. The van der Waals surface area contributed by atoms with Crippen molar-refractivity contribution in [3.63, 3.8) is 0 Å². The van der Waals surface area contributed by atoms with Crippen LogP contribution in [0.1, 0.15) is 36.1 Å². The minimum absolute atomic E-state index is 0.290. The van der Waals surface area contributed by atoms with E-state index in [0.29, 0.717) is 11.7 Å². The molecule has 0 aliphatic heterocycles. The molecule has 1 unspecified atom stereocenters. The van der Waals surface area contributed by atoms with Gasteiger partial charge < -0.3 is 4.42 Å². The number of furan rings is 1. The largest absolute Gasteiger partial charge is 0.433 e. The molecule has 4 nitrogen and oxygen atoms in total. The molecule has 1 heterocycles.